The first kappa shape index (κ1) is 13.8. The summed E-state index contributed by atoms with van der Waals surface area (Å²) in [5.41, 5.74) is 0.219. The topological polar surface area (TPSA) is 55.8 Å². The van der Waals surface area contributed by atoms with Gasteiger partial charge in [0.2, 0.25) is 0 Å². The van der Waals surface area contributed by atoms with Gasteiger partial charge in [0, 0.05) is 0 Å². The van der Waals surface area contributed by atoms with E-state index in [2.05, 4.69) is 16.4 Å². The molecule has 0 atom stereocenters. The van der Waals surface area contributed by atoms with Crippen molar-refractivity contribution >= 4 is 5.97 Å². The lowest BCUT2D eigenvalue weighted by molar-refractivity contribution is -0.136. The highest BCUT2D eigenvalue weighted by atomic mass is 16.6. The standard InChI is InChI=1S/C11H20O4/c1-4-5-6-7-8-9(10(12)14-2)11(13)15-3/h12H,4-8H2,1-3H3/b10-9-. The van der Waals surface area contributed by atoms with E-state index in [9.17, 15) is 9.90 Å². The lowest BCUT2D eigenvalue weighted by atomic mass is 10.1. The predicted molar refractivity (Wildman–Crippen MR) is 57.4 cm³/mol. The van der Waals surface area contributed by atoms with Gasteiger partial charge in [0.15, 0.2) is 0 Å². The summed E-state index contributed by atoms with van der Waals surface area (Å²) in [5.74, 6) is -0.857. The first-order valence-electron chi connectivity index (χ1n) is 5.21. The molecule has 0 aliphatic rings. The number of hydrogen-bond donors (Lipinski definition) is 1. The zero-order chi connectivity index (χ0) is 11.7. The van der Waals surface area contributed by atoms with Crippen LogP contribution in [0, 0.1) is 0 Å². The molecule has 0 aromatic carbocycles. The van der Waals surface area contributed by atoms with Gasteiger partial charge in [0.25, 0.3) is 5.95 Å². The van der Waals surface area contributed by atoms with Crippen molar-refractivity contribution < 1.29 is 19.4 Å². The molecule has 0 bridgehead atoms. The molecule has 0 aliphatic heterocycles. The summed E-state index contributed by atoms with van der Waals surface area (Å²) in [6, 6.07) is 0. The molecule has 0 amide bonds. The lowest BCUT2D eigenvalue weighted by Crippen LogP contribution is -2.09. The van der Waals surface area contributed by atoms with Gasteiger partial charge in [-0.25, -0.2) is 4.79 Å². The summed E-state index contributed by atoms with van der Waals surface area (Å²) in [7, 11) is 2.61. The van der Waals surface area contributed by atoms with Gasteiger partial charge in [-0.3, -0.25) is 0 Å². The fraction of sp³-hybridized carbons (Fsp3) is 0.727. The van der Waals surface area contributed by atoms with Gasteiger partial charge in [-0.05, 0) is 12.8 Å². The van der Waals surface area contributed by atoms with Gasteiger partial charge in [0.05, 0.1) is 14.2 Å². The first-order valence-corrected chi connectivity index (χ1v) is 5.21. The van der Waals surface area contributed by atoms with Crippen LogP contribution in [0.4, 0.5) is 0 Å². The van der Waals surface area contributed by atoms with Crippen LogP contribution in [0.3, 0.4) is 0 Å². The monoisotopic (exact) mass is 216 g/mol. The molecule has 0 spiro atoms. The third kappa shape index (κ3) is 5.30. The van der Waals surface area contributed by atoms with Crippen LogP contribution in [-0.4, -0.2) is 25.3 Å². The number of methoxy groups -OCH3 is 2. The number of aliphatic hydroxyl groups excluding tert-OH is 1. The van der Waals surface area contributed by atoms with E-state index < -0.39 is 5.97 Å². The molecular weight excluding hydrogens is 196 g/mol. The number of unbranched alkanes of at least 4 members (excludes halogenated alkanes) is 3. The van der Waals surface area contributed by atoms with Crippen LogP contribution in [0.2, 0.25) is 0 Å². The van der Waals surface area contributed by atoms with E-state index >= 15 is 0 Å². The number of ether oxygens (including phenoxy) is 2. The van der Waals surface area contributed by atoms with Crippen LogP contribution in [-0.2, 0) is 14.3 Å². The fourth-order valence-electron chi connectivity index (χ4n) is 1.27. The van der Waals surface area contributed by atoms with E-state index in [1.807, 2.05) is 0 Å². The molecule has 0 rings (SSSR count). The number of aliphatic hydroxyl groups is 1. The lowest BCUT2D eigenvalue weighted by Gasteiger charge is -2.07. The maximum atomic E-state index is 11.3. The van der Waals surface area contributed by atoms with Gasteiger partial charge in [-0.2, -0.15) is 0 Å². The van der Waals surface area contributed by atoms with Crippen LogP contribution in [0.5, 0.6) is 0 Å². The van der Waals surface area contributed by atoms with Crippen LogP contribution < -0.4 is 0 Å². The van der Waals surface area contributed by atoms with E-state index in [1.165, 1.54) is 14.2 Å². The summed E-state index contributed by atoms with van der Waals surface area (Å²) in [6.45, 7) is 2.11. The number of rotatable bonds is 7. The van der Waals surface area contributed by atoms with Gasteiger partial charge in [-0.15, -0.1) is 0 Å². The minimum Gasteiger partial charge on any atom is -0.481 e. The van der Waals surface area contributed by atoms with Gasteiger partial charge in [-0.1, -0.05) is 26.2 Å². The Kier molecular flexibility index (Phi) is 7.50. The van der Waals surface area contributed by atoms with Crippen molar-refractivity contribution in [2.24, 2.45) is 0 Å². The molecular formula is C11H20O4. The first-order chi connectivity index (χ1) is 7.17. The Morgan fingerprint density at radius 1 is 1.13 bits per heavy atom. The Balaban J connectivity index is 4.22. The summed E-state index contributed by atoms with van der Waals surface area (Å²) in [6.07, 6.45) is 4.64. The summed E-state index contributed by atoms with van der Waals surface area (Å²) in [5, 5.41) is 9.33. The van der Waals surface area contributed by atoms with E-state index in [4.69, 9.17) is 0 Å². The second-order valence-corrected chi connectivity index (χ2v) is 3.29. The van der Waals surface area contributed by atoms with E-state index in [0.717, 1.165) is 25.7 Å². The fourth-order valence-corrected chi connectivity index (χ4v) is 1.27. The molecule has 15 heavy (non-hydrogen) atoms. The van der Waals surface area contributed by atoms with Crippen molar-refractivity contribution in [3.05, 3.63) is 11.5 Å². The van der Waals surface area contributed by atoms with E-state index in [0.29, 0.717) is 6.42 Å². The second kappa shape index (κ2) is 8.15. The molecule has 0 aromatic rings. The SMILES string of the molecule is CCCCCC/C(C(=O)OC)=C(\O)OC. The molecule has 0 unspecified atom stereocenters. The minimum absolute atomic E-state index is 0.219. The van der Waals surface area contributed by atoms with Crippen LogP contribution in [0.1, 0.15) is 39.0 Å². The molecule has 0 fully saturated rings. The smallest absolute Gasteiger partial charge is 0.340 e. The molecule has 0 saturated heterocycles. The molecule has 4 nitrogen and oxygen atoms in total. The Labute approximate surface area is 90.9 Å². The number of carbonyl (C=O) groups is 1. The number of carbonyl (C=O) groups excluding carboxylic acids is 1. The Morgan fingerprint density at radius 3 is 2.27 bits per heavy atom. The average Bonchev–Trinajstić information content (AvgIpc) is 2.27. The molecule has 1 N–H and O–H groups in total. The van der Waals surface area contributed by atoms with Crippen molar-refractivity contribution in [3.63, 3.8) is 0 Å². The average molecular weight is 216 g/mol. The summed E-state index contributed by atoms with van der Waals surface area (Å²) < 4.78 is 9.18. The van der Waals surface area contributed by atoms with Gasteiger partial charge in [0.1, 0.15) is 5.57 Å². The Hall–Kier alpha value is -1.19. The molecule has 4 heteroatoms. The van der Waals surface area contributed by atoms with Gasteiger partial charge >= 0.3 is 5.97 Å². The van der Waals surface area contributed by atoms with Crippen molar-refractivity contribution in [2.75, 3.05) is 14.2 Å². The Bertz CT molecular complexity index is 221. The van der Waals surface area contributed by atoms with E-state index in [1.54, 1.807) is 0 Å². The zero-order valence-corrected chi connectivity index (χ0v) is 9.71. The highest BCUT2D eigenvalue weighted by Crippen LogP contribution is 2.14. The molecule has 0 aliphatic carbocycles. The molecule has 0 radical (unpaired) electrons. The van der Waals surface area contributed by atoms with Crippen LogP contribution in [0.15, 0.2) is 11.5 Å². The van der Waals surface area contributed by atoms with Crippen molar-refractivity contribution in [3.8, 4) is 0 Å². The van der Waals surface area contributed by atoms with E-state index in [-0.39, 0.29) is 11.5 Å². The maximum absolute atomic E-state index is 11.3. The highest BCUT2D eigenvalue weighted by Gasteiger charge is 2.16. The zero-order valence-electron chi connectivity index (χ0n) is 9.71. The third-order valence-electron chi connectivity index (χ3n) is 2.16. The minimum atomic E-state index is -0.522. The molecule has 0 heterocycles. The molecule has 0 aromatic heterocycles. The summed E-state index contributed by atoms with van der Waals surface area (Å²) in [4.78, 5) is 11.3. The maximum Gasteiger partial charge on any atom is 0.340 e. The third-order valence-corrected chi connectivity index (χ3v) is 2.16. The largest absolute Gasteiger partial charge is 0.481 e. The highest BCUT2D eigenvalue weighted by molar-refractivity contribution is 5.88. The molecule has 88 valence electrons. The number of hydrogen-bond acceptors (Lipinski definition) is 4. The molecule has 0 saturated carbocycles. The Morgan fingerprint density at radius 2 is 1.80 bits per heavy atom. The van der Waals surface area contributed by atoms with Crippen molar-refractivity contribution in [1.29, 1.82) is 0 Å². The number of esters is 1. The van der Waals surface area contributed by atoms with Crippen LogP contribution >= 0.6 is 0 Å². The summed E-state index contributed by atoms with van der Waals surface area (Å²) >= 11 is 0. The van der Waals surface area contributed by atoms with Crippen molar-refractivity contribution in [1.82, 2.24) is 0 Å². The quantitative estimate of drug-likeness (QED) is 0.307. The predicted octanol–water partition coefficient (Wildman–Crippen LogP) is 2.55. The van der Waals surface area contributed by atoms with Gasteiger partial charge < -0.3 is 14.6 Å². The second-order valence-electron chi connectivity index (χ2n) is 3.29. The normalized spacial score (nSPS) is 11.9. The van der Waals surface area contributed by atoms with Crippen LogP contribution in [0.25, 0.3) is 0 Å². The van der Waals surface area contributed by atoms with Crippen molar-refractivity contribution in [2.45, 2.75) is 39.0 Å².